The van der Waals surface area contributed by atoms with Crippen LogP contribution < -0.4 is 10.6 Å². The second kappa shape index (κ2) is 5.60. The van der Waals surface area contributed by atoms with Crippen molar-refractivity contribution in [2.45, 2.75) is 19.4 Å². The summed E-state index contributed by atoms with van der Waals surface area (Å²) < 4.78 is 1.52. The molecule has 2 heterocycles. The summed E-state index contributed by atoms with van der Waals surface area (Å²) in [6.45, 7) is 3.19. The molecule has 0 spiro atoms. The smallest absolute Gasteiger partial charge is 0.241 e. The van der Waals surface area contributed by atoms with Crippen molar-refractivity contribution >= 4 is 5.91 Å². The van der Waals surface area contributed by atoms with Gasteiger partial charge in [0.2, 0.25) is 5.91 Å². The topological polar surface area (TPSA) is 71.8 Å². The van der Waals surface area contributed by atoms with Crippen LogP contribution in [0.3, 0.4) is 0 Å². The van der Waals surface area contributed by atoms with Crippen molar-refractivity contribution in [1.82, 2.24) is 25.6 Å². The fraction of sp³-hybridized carbons (Fsp3) is 0.700. The minimum Gasteiger partial charge on any atom is -0.354 e. The first-order valence-corrected chi connectivity index (χ1v) is 5.66. The van der Waals surface area contributed by atoms with Crippen LogP contribution in [0.5, 0.6) is 0 Å². The standard InChI is InChI=1S/C10H17N5O/c16-10(8-15-6-5-13-14-15)12-4-2-9-1-3-11-7-9/h5-6,9,11H,1-4,7-8H2,(H,12,16). The average molecular weight is 223 g/mol. The number of carbonyl (C=O) groups excluding carboxylic acids is 1. The highest BCUT2D eigenvalue weighted by molar-refractivity contribution is 5.75. The minimum absolute atomic E-state index is 0.00328. The number of nitrogens with zero attached hydrogens (tertiary/aromatic N) is 3. The van der Waals surface area contributed by atoms with Gasteiger partial charge in [-0.3, -0.25) is 4.79 Å². The molecule has 1 aliphatic heterocycles. The molecule has 88 valence electrons. The molecule has 1 unspecified atom stereocenters. The Balaban J connectivity index is 1.60. The Hall–Kier alpha value is -1.43. The molecule has 1 fully saturated rings. The average Bonchev–Trinajstić information content (AvgIpc) is 2.90. The van der Waals surface area contributed by atoms with Gasteiger partial charge in [-0.2, -0.15) is 0 Å². The van der Waals surface area contributed by atoms with Crippen molar-refractivity contribution < 1.29 is 4.79 Å². The summed E-state index contributed by atoms with van der Waals surface area (Å²) in [5, 5.41) is 13.6. The Morgan fingerprint density at radius 2 is 2.56 bits per heavy atom. The van der Waals surface area contributed by atoms with Crippen LogP contribution in [0.15, 0.2) is 12.4 Å². The third-order valence-corrected chi connectivity index (χ3v) is 2.81. The zero-order chi connectivity index (χ0) is 11.2. The van der Waals surface area contributed by atoms with E-state index in [1.165, 1.54) is 11.1 Å². The van der Waals surface area contributed by atoms with E-state index in [0.717, 1.165) is 26.1 Å². The highest BCUT2D eigenvalue weighted by atomic mass is 16.2. The van der Waals surface area contributed by atoms with Crippen LogP contribution >= 0.6 is 0 Å². The van der Waals surface area contributed by atoms with E-state index in [2.05, 4.69) is 20.9 Å². The van der Waals surface area contributed by atoms with Crippen LogP contribution in [-0.2, 0) is 11.3 Å². The maximum Gasteiger partial charge on any atom is 0.241 e. The molecule has 2 N–H and O–H groups in total. The lowest BCUT2D eigenvalue weighted by atomic mass is 10.1. The van der Waals surface area contributed by atoms with Gasteiger partial charge in [0, 0.05) is 12.7 Å². The molecular formula is C10H17N5O. The molecule has 2 rings (SSSR count). The molecule has 1 saturated heterocycles. The van der Waals surface area contributed by atoms with E-state index >= 15 is 0 Å². The Kier molecular flexibility index (Phi) is 3.87. The van der Waals surface area contributed by atoms with Crippen LogP contribution in [0.2, 0.25) is 0 Å². The molecule has 6 heteroatoms. The first kappa shape index (κ1) is 11.1. The lowest BCUT2D eigenvalue weighted by Gasteiger charge is -2.09. The molecule has 1 atom stereocenters. The molecule has 1 aromatic heterocycles. The van der Waals surface area contributed by atoms with Gasteiger partial charge in [-0.1, -0.05) is 5.21 Å². The third-order valence-electron chi connectivity index (χ3n) is 2.81. The predicted molar refractivity (Wildman–Crippen MR) is 58.6 cm³/mol. The Bertz CT molecular complexity index is 318. The molecule has 6 nitrogen and oxygen atoms in total. The van der Waals surface area contributed by atoms with E-state index in [9.17, 15) is 4.79 Å². The molecule has 0 radical (unpaired) electrons. The van der Waals surface area contributed by atoms with Crippen molar-refractivity contribution in [1.29, 1.82) is 0 Å². The second-order valence-corrected chi connectivity index (χ2v) is 4.10. The van der Waals surface area contributed by atoms with Crippen molar-refractivity contribution in [2.75, 3.05) is 19.6 Å². The van der Waals surface area contributed by atoms with Gasteiger partial charge in [0.25, 0.3) is 0 Å². The van der Waals surface area contributed by atoms with Crippen LogP contribution in [0.1, 0.15) is 12.8 Å². The zero-order valence-corrected chi connectivity index (χ0v) is 9.22. The van der Waals surface area contributed by atoms with Crippen LogP contribution in [0, 0.1) is 5.92 Å². The summed E-state index contributed by atoms with van der Waals surface area (Å²) in [5.41, 5.74) is 0. The summed E-state index contributed by atoms with van der Waals surface area (Å²) in [6, 6.07) is 0. The second-order valence-electron chi connectivity index (χ2n) is 4.10. The van der Waals surface area contributed by atoms with Gasteiger partial charge in [0.05, 0.1) is 6.20 Å². The number of amides is 1. The molecule has 0 bridgehead atoms. The fourth-order valence-corrected chi connectivity index (χ4v) is 1.90. The van der Waals surface area contributed by atoms with E-state index in [1.807, 2.05) is 0 Å². The van der Waals surface area contributed by atoms with E-state index in [1.54, 1.807) is 12.4 Å². The first-order valence-electron chi connectivity index (χ1n) is 5.66. The van der Waals surface area contributed by atoms with Crippen LogP contribution in [-0.4, -0.2) is 40.5 Å². The summed E-state index contributed by atoms with van der Waals surface area (Å²) in [4.78, 5) is 11.5. The number of nitrogens with one attached hydrogen (secondary N) is 2. The van der Waals surface area contributed by atoms with Gasteiger partial charge in [-0.25, -0.2) is 4.68 Å². The maximum absolute atomic E-state index is 11.5. The molecule has 1 aliphatic rings. The summed E-state index contributed by atoms with van der Waals surface area (Å²) in [7, 11) is 0. The molecule has 0 saturated carbocycles. The van der Waals surface area contributed by atoms with Gasteiger partial charge < -0.3 is 10.6 Å². The molecule has 1 aromatic rings. The monoisotopic (exact) mass is 223 g/mol. The molecule has 0 aliphatic carbocycles. The van der Waals surface area contributed by atoms with Crippen molar-refractivity contribution in [3.8, 4) is 0 Å². The number of carbonyl (C=O) groups is 1. The largest absolute Gasteiger partial charge is 0.354 e. The highest BCUT2D eigenvalue weighted by Crippen LogP contribution is 2.10. The van der Waals surface area contributed by atoms with Crippen molar-refractivity contribution in [3.05, 3.63) is 12.4 Å². The Morgan fingerprint density at radius 3 is 3.25 bits per heavy atom. The van der Waals surface area contributed by atoms with E-state index in [4.69, 9.17) is 0 Å². The number of hydrogen-bond acceptors (Lipinski definition) is 4. The SMILES string of the molecule is O=C(Cn1ccnn1)NCCC1CCNC1. The maximum atomic E-state index is 11.5. The lowest BCUT2D eigenvalue weighted by molar-refractivity contribution is -0.121. The van der Waals surface area contributed by atoms with Gasteiger partial charge in [-0.15, -0.1) is 5.10 Å². The van der Waals surface area contributed by atoms with E-state index in [-0.39, 0.29) is 12.5 Å². The predicted octanol–water partition coefficient (Wildman–Crippen LogP) is -0.606. The lowest BCUT2D eigenvalue weighted by Crippen LogP contribution is -2.30. The fourth-order valence-electron chi connectivity index (χ4n) is 1.90. The van der Waals surface area contributed by atoms with Gasteiger partial charge in [-0.05, 0) is 31.8 Å². The number of aromatic nitrogens is 3. The van der Waals surface area contributed by atoms with Crippen LogP contribution in [0.4, 0.5) is 0 Å². The van der Waals surface area contributed by atoms with E-state index in [0.29, 0.717) is 5.92 Å². The van der Waals surface area contributed by atoms with Crippen molar-refractivity contribution in [3.63, 3.8) is 0 Å². The van der Waals surface area contributed by atoms with Crippen molar-refractivity contribution in [2.24, 2.45) is 5.92 Å². The Morgan fingerprint density at radius 1 is 1.62 bits per heavy atom. The minimum atomic E-state index is -0.00328. The Labute approximate surface area is 94.4 Å². The molecular weight excluding hydrogens is 206 g/mol. The van der Waals surface area contributed by atoms with E-state index < -0.39 is 0 Å². The zero-order valence-electron chi connectivity index (χ0n) is 9.22. The highest BCUT2D eigenvalue weighted by Gasteiger charge is 2.14. The summed E-state index contributed by atoms with van der Waals surface area (Å²) in [5.74, 6) is 0.711. The molecule has 16 heavy (non-hydrogen) atoms. The summed E-state index contributed by atoms with van der Waals surface area (Å²) >= 11 is 0. The third kappa shape index (κ3) is 3.30. The quantitative estimate of drug-likeness (QED) is 0.699. The number of rotatable bonds is 5. The van der Waals surface area contributed by atoms with Gasteiger partial charge >= 0.3 is 0 Å². The molecule has 0 aromatic carbocycles. The van der Waals surface area contributed by atoms with Gasteiger partial charge in [0.1, 0.15) is 6.54 Å². The van der Waals surface area contributed by atoms with Crippen LogP contribution in [0.25, 0.3) is 0 Å². The normalized spacial score (nSPS) is 19.9. The summed E-state index contributed by atoms with van der Waals surface area (Å²) in [6.07, 6.45) is 5.52. The van der Waals surface area contributed by atoms with Gasteiger partial charge in [0.15, 0.2) is 0 Å². The number of hydrogen-bond donors (Lipinski definition) is 2. The first-order chi connectivity index (χ1) is 7.84. The molecule has 1 amide bonds.